The molecule has 35 heavy (non-hydrogen) atoms. The van der Waals surface area contributed by atoms with Crippen LogP contribution in [-0.2, 0) is 17.2 Å². The highest BCUT2D eigenvalue weighted by molar-refractivity contribution is 5.82. The number of ether oxygens (including phenoxy) is 1. The summed E-state index contributed by atoms with van der Waals surface area (Å²) in [6, 6.07) is 5.83. The largest absolute Gasteiger partial charge is 0.394 e. The van der Waals surface area contributed by atoms with E-state index in [-0.39, 0.29) is 36.8 Å². The zero-order valence-corrected chi connectivity index (χ0v) is 19.9. The number of nitrogens with zero attached hydrogens (tertiary/aromatic N) is 4. The maximum atomic E-state index is 13.6. The summed E-state index contributed by atoms with van der Waals surface area (Å²) in [5.74, 6) is 0.618. The van der Waals surface area contributed by atoms with Gasteiger partial charge < -0.3 is 4.74 Å². The Bertz CT molecular complexity index is 1390. The molecule has 3 aliphatic carbocycles. The molecule has 3 aromatic heterocycles. The molecule has 0 spiro atoms. The van der Waals surface area contributed by atoms with Crippen molar-refractivity contribution in [2.45, 2.75) is 69.6 Å². The van der Waals surface area contributed by atoms with Gasteiger partial charge in [-0.15, -0.1) is 0 Å². The standard InChI is InChI=1S/C26H27F3N4O2/c1-14-8-17(4-6-30-14)20-9-16(5-7-35-20)18-10-19-21(23(34)33(3)15(2)31-19)22(32-18)24-11-25(12-24,13-24)26(27,28)29/h4,6,8,10,16,20H,5,7,9,11-13H2,1-3H3/t16-,20+,24?,25?/m0/s1. The minimum absolute atomic E-state index is 0.00121. The van der Waals surface area contributed by atoms with Crippen molar-refractivity contribution in [1.29, 1.82) is 0 Å². The summed E-state index contributed by atoms with van der Waals surface area (Å²) in [7, 11) is 1.64. The van der Waals surface area contributed by atoms with Crippen LogP contribution in [0.5, 0.6) is 0 Å². The van der Waals surface area contributed by atoms with Crippen molar-refractivity contribution >= 4 is 10.9 Å². The Kier molecular flexibility index (Phi) is 4.75. The van der Waals surface area contributed by atoms with E-state index in [1.54, 1.807) is 20.2 Å². The van der Waals surface area contributed by atoms with Crippen LogP contribution >= 0.6 is 0 Å². The van der Waals surface area contributed by atoms with Crippen LogP contribution in [-0.4, -0.2) is 32.3 Å². The summed E-state index contributed by atoms with van der Waals surface area (Å²) in [5.41, 5.74) is 1.23. The highest BCUT2D eigenvalue weighted by Gasteiger charge is 2.79. The van der Waals surface area contributed by atoms with Gasteiger partial charge in [-0.05, 0) is 69.7 Å². The molecule has 184 valence electrons. The molecule has 1 aliphatic heterocycles. The third-order valence-corrected chi connectivity index (χ3v) is 8.43. The normalized spacial score (nSPS) is 30.1. The predicted octanol–water partition coefficient (Wildman–Crippen LogP) is 4.96. The van der Waals surface area contributed by atoms with E-state index in [0.29, 0.717) is 35.4 Å². The Labute approximate surface area is 200 Å². The molecule has 4 heterocycles. The number of halogens is 3. The van der Waals surface area contributed by atoms with E-state index in [0.717, 1.165) is 23.4 Å². The van der Waals surface area contributed by atoms with Crippen LogP contribution in [0.4, 0.5) is 13.2 Å². The predicted molar refractivity (Wildman–Crippen MR) is 123 cm³/mol. The quantitative estimate of drug-likeness (QED) is 0.526. The lowest BCUT2D eigenvalue weighted by Gasteiger charge is -2.70. The van der Waals surface area contributed by atoms with E-state index in [1.807, 2.05) is 25.1 Å². The van der Waals surface area contributed by atoms with E-state index in [1.165, 1.54) is 4.57 Å². The van der Waals surface area contributed by atoms with Crippen molar-refractivity contribution in [2.75, 3.05) is 6.61 Å². The summed E-state index contributed by atoms with van der Waals surface area (Å²) in [6.45, 7) is 4.25. The molecule has 6 nitrogen and oxygen atoms in total. The first-order valence-electron chi connectivity index (χ1n) is 12.0. The maximum Gasteiger partial charge on any atom is 0.394 e. The van der Waals surface area contributed by atoms with Crippen molar-refractivity contribution in [3.8, 4) is 0 Å². The summed E-state index contributed by atoms with van der Waals surface area (Å²) in [5, 5.41) is 0.366. The van der Waals surface area contributed by atoms with Gasteiger partial charge in [0.2, 0.25) is 0 Å². The van der Waals surface area contributed by atoms with Crippen LogP contribution in [0, 0.1) is 19.3 Å². The van der Waals surface area contributed by atoms with E-state index in [9.17, 15) is 18.0 Å². The van der Waals surface area contributed by atoms with E-state index in [4.69, 9.17) is 9.72 Å². The molecule has 0 unspecified atom stereocenters. The van der Waals surface area contributed by atoms with Crippen LogP contribution < -0.4 is 5.56 Å². The summed E-state index contributed by atoms with van der Waals surface area (Å²) in [6.07, 6.45) is -1.12. The van der Waals surface area contributed by atoms with Crippen LogP contribution in [0.3, 0.4) is 0 Å². The Balaban J connectivity index is 1.43. The lowest BCUT2D eigenvalue weighted by atomic mass is 9.33. The van der Waals surface area contributed by atoms with Crippen LogP contribution in [0.25, 0.3) is 10.9 Å². The number of alkyl halides is 3. The van der Waals surface area contributed by atoms with Gasteiger partial charge in [-0.3, -0.25) is 19.3 Å². The molecule has 2 bridgehead atoms. The van der Waals surface area contributed by atoms with Crippen molar-refractivity contribution in [2.24, 2.45) is 12.5 Å². The molecular formula is C26H27F3N4O2. The fourth-order valence-corrected chi connectivity index (χ4v) is 6.41. The second-order valence-corrected chi connectivity index (χ2v) is 10.7. The monoisotopic (exact) mass is 484 g/mol. The molecule has 3 saturated carbocycles. The maximum absolute atomic E-state index is 13.6. The molecule has 0 N–H and O–H groups in total. The van der Waals surface area contributed by atoms with Gasteiger partial charge in [-0.2, -0.15) is 13.2 Å². The molecule has 3 aromatic rings. The fourth-order valence-electron chi connectivity index (χ4n) is 6.41. The van der Waals surface area contributed by atoms with E-state index >= 15 is 0 Å². The average molecular weight is 485 g/mol. The van der Waals surface area contributed by atoms with E-state index < -0.39 is 17.0 Å². The first-order chi connectivity index (χ1) is 16.5. The smallest absolute Gasteiger partial charge is 0.373 e. The van der Waals surface area contributed by atoms with Crippen molar-refractivity contribution < 1.29 is 17.9 Å². The first kappa shape index (κ1) is 22.6. The van der Waals surface area contributed by atoms with Crippen molar-refractivity contribution in [1.82, 2.24) is 19.5 Å². The summed E-state index contributed by atoms with van der Waals surface area (Å²) in [4.78, 5) is 27.1. The van der Waals surface area contributed by atoms with Gasteiger partial charge in [0.05, 0.1) is 28.1 Å². The number of aryl methyl sites for hydroxylation is 2. The number of hydrogen-bond acceptors (Lipinski definition) is 5. The number of aromatic nitrogens is 4. The van der Waals surface area contributed by atoms with Crippen LogP contribution in [0.1, 0.15) is 72.6 Å². The number of fused-ring (bicyclic) bond motifs is 1. The van der Waals surface area contributed by atoms with Gasteiger partial charge in [0.15, 0.2) is 0 Å². The third kappa shape index (κ3) is 3.27. The van der Waals surface area contributed by atoms with Gasteiger partial charge in [-0.25, -0.2) is 4.98 Å². The number of rotatable bonds is 3. The Morgan fingerprint density at radius 3 is 2.57 bits per heavy atom. The highest BCUT2D eigenvalue weighted by Crippen LogP contribution is 2.78. The molecular weight excluding hydrogens is 457 g/mol. The SMILES string of the molecule is Cc1cc([C@H]2C[C@@H](c3cc4nc(C)n(C)c(=O)c4c(C45CC(C(F)(F)F)(C4)C5)n3)CCO2)ccn1. The molecule has 2 atom stereocenters. The number of pyridine rings is 2. The highest BCUT2D eigenvalue weighted by atomic mass is 19.4. The molecule has 0 radical (unpaired) electrons. The van der Waals surface area contributed by atoms with Gasteiger partial charge >= 0.3 is 6.18 Å². The van der Waals surface area contributed by atoms with Gasteiger partial charge in [0, 0.05) is 42.6 Å². The lowest BCUT2D eigenvalue weighted by molar-refractivity contribution is -0.337. The minimum atomic E-state index is -4.22. The Hall–Kier alpha value is -2.81. The molecule has 4 fully saturated rings. The minimum Gasteiger partial charge on any atom is -0.373 e. The number of hydrogen-bond donors (Lipinski definition) is 0. The van der Waals surface area contributed by atoms with Crippen molar-refractivity contribution in [3.05, 3.63) is 63.2 Å². The first-order valence-corrected chi connectivity index (χ1v) is 12.0. The second-order valence-electron chi connectivity index (χ2n) is 10.7. The van der Waals surface area contributed by atoms with Gasteiger partial charge in [-0.1, -0.05) is 0 Å². The average Bonchev–Trinajstić information content (AvgIpc) is 2.74. The molecule has 0 amide bonds. The lowest BCUT2D eigenvalue weighted by Crippen LogP contribution is -2.70. The molecule has 4 aliphatic rings. The van der Waals surface area contributed by atoms with Gasteiger partial charge in [0.1, 0.15) is 5.82 Å². The van der Waals surface area contributed by atoms with Crippen molar-refractivity contribution in [3.63, 3.8) is 0 Å². The topological polar surface area (TPSA) is 69.9 Å². The van der Waals surface area contributed by atoms with Gasteiger partial charge in [0.25, 0.3) is 5.56 Å². The third-order valence-electron chi connectivity index (χ3n) is 8.43. The second kappa shape index (κ2) is 7.35. The zero-order valence-electron chi connectivity index (χ0n) is 19.9. The molecule has 9 heteroatoms. The Morgan fingerprint density at radius 2 is 1.89 bits per heavy atom. The Morgan fingerprint density at radius 1 is 1.14 bits per heavy atom. The van der Waals surface area contributed by atoms with Crippen LogP contribution in [0.2, 0.25) is 0 Å². The molecule has 7 rings (SSSR count). The summed E-state index contributed by atoms with van der Waals surface area (Å²) < 4.78 is 48.3. The summed E-state index contributed by atoms with van der Waals surface area (Å²) >= 11 is 0. The zero-order chi connectivity index (χ0) is 24.8. The molecule has 0 aromatic carbocycles. The van der Waals surface area contributed by atoms with E-state index in [2.05, 4.69) is 9.97 Å². The van der Waals surface area contributed by atoms with Crippen LogP contribution in [0.15, 0.2) is 29.2 Å². The fraction of sp³-hybridized carbons (Fsp3) is 0.538. The molecule has 1 saturated heterocycles.